The van der Waals surface area contributed by atoms with Gasteiger partial charge in [0.1, 0.15) is 4.90 Å². The topological polar surface area (TPSA) is 129 Å². The Labute approximate surface area is 102 Å². The van der Waals surface area contributed by atoms with Gasteiger partial charge in [0.05, 0.1) is 12.8 Å². The molecule has 0 unspecified atom stereocenters. The van der Waals surface area contributed by atoms with E-state index in [0.29, 0.717) is 0 Å². The van der Waals surface area contributed by atoms with Gasteiger partial charge < -0.3 is 10.2 Å². The zero-order valence-electron chi connectivity index (χ0n) is 9.03. The maximum atomic E-state index is 11.2. The molecule has 0 spiro atoms. The zero-order valence-corrected chi connectivity index (χ0v) is 9.85. The molecule has 0 radical (unpaired) electrons. The number of rotatable bonds is 5. The molecule has 1 aromatic carbocycles. The minimum atomic E-state index is -4.68. The Bertz CT molecular complexity index is 554. The first-order valence-electron chi connectivity index (χ1n) is 4.73. The SMILES string of the molecule is O=C(O)Cc1cccc(CC(=O)O)c1S(=O)(=O)O. The van der Waals surface area contributed by atoms with Crippen molar-refractivity contribution in [1.29, 1.82) is 0 Å². The van der Waals surface area contributed by atoms with E-state index in [2.05, 4.69) is 0 Å². The summed E-state index contributed by atoms with van der Waals surface area (Å²) in [6, 6.07) is 3.76. The van der Waals surface area contributed by atoms with Crippen molar-refractivity contribution in [2.45, 2.75) is 17.7 Å². The third-order valence-electron chi connectivity index (χ3n) is 2.12. The van der Waals surface area contributed by atoms with Crippen LogP contribution in [0.4, 0.5) is 0 Å². The van der Waals surface area contributed by atoms with Crippen molar-refractivity contribution in [2.75, 3.05) is 0 Å². The Morgan fingerprint density at radius 1 is 1.00 bits per heavy atom. The van der Waals surface area contributed by atoms with Crippen molar-refractivity contribution in [3.05, 3.63) is 29.3 Å². The van der Waals surface area contributed by atoms with Crippen LogP contribution < -0.4 is 0 Å². The number of benzene rings is 1. The quantitative estimate of drug-likeness (QED) is 0.653. The van der Waals surface area contributed by atoms with Gasteiger partial charge in [-0.15, -0.1) is 0 Å². The van der Waals surface area contributed by atoms with Crippen LogP contribution >= 0.6 is 0 Å². The molecule has 0 aromatic heterocycles. The van der Waals surface area contributed by atoms with Gasteiger partial charge in [-0.3, -0.25) is 14.1 Å². The molecule has 0 saturated carbocycles. The molecule has 0 aliphatic rings. The van der Waals surface area contributed by atoms with E-state index in [0.717, 1.165) is 0 Å². The number of hydrogen-bond donors (Lipinski definition) is 3. The number of carboxylic acid groups (broad SMARTS) is 2. The number of carboxylic acids is 2. The van der Waals surface area contributed by atoms with Crippen LogP contribution in [0.1, 0.15) is 11.1 Å². The summed E-state index contributed by atoms with van der Waals surface area (Å²) in [6.45, 7) is 0. The van der Waals surface area contributed by atoms with E-state index >= 15 is 0 Å². The molecule has 0 saturated heterocycles. The molecule has 0 heterocycles. The molecule has 1 rings (SSSR count). The fourth-order valence-corrected chi connectivity index (χ4v) is 2.52. The Hall–Kier alpha value is -1.93. The van der Waals surface area contributed by atoms with Crippen LogP contribution in [0.15, 0.2) is 23.1 Å². The molecule has 1 aromatic rings. The lowest BCUT2D eigenvalue weighted by molar-refractivity contribution is -0.137. The van der Waals surface area contributed by atoms with Gasteiger partial charge in [-0.1, -0.05) is 18.2 Å². The van der Waals surface area contributed by atoms with E-state index in [4.69, 9.17) is 14.8 Å². The van der Waals surface area contributed by atoms with Crippen LogP contribution in [-0.4, -0.2) is 35.1 Å². The lowest BCUT2D eigenvalue weighted by Crippen LogP contribution is -2.13. The summed E-state index contributed by atoms with van der Waals surface area (Å²) in [5.41, 5.74) is -0.299. The fourth-order valence-electron chi connectivity index (χ4n) is 1.57. The largest absolute Gasteiger partial charge is 0.481 e. The second-order valence-electron chi connectivity index (χ2n) is 3.52. The van der Waals surface area contributed by atoms with E-state index in [1.165, 1.54) is 18.2 Å². The summed E-state index contributed by atoms with van der Waals surface area (Å²) < 4.78 is 31.5. The van der Waals surface area contributed by atoms with Crippen molar-refractivity contribution in [3.63, 3.8) is 0 Å². The molecule has 0 fully saturated rings. The smallest absolute Gasteiger partial charge is 0.307 e. The highest BCUT2D eigenvalue weighted by molar-refractivity contribution is 7.86. The maximum absolute atomic E-state index is 11.2. The van der Waals surface area contributed by atoms with Gasteiger partial charge in [0, 0.05) is 0 Å². The third-order valence-corrected chi connectivity index (χ3v) is 3.16. The second-order valence-corrected chi connectivity index (χ2v) is 4.88. The molecule has 18 heavy (non-hydrogen) atoms. The Kier molecular flexibility index (Phi) is 4.04. The summed E-state index contributed by atoms with van der Waals surface area (Å²) in [4.78, 5) is 20.5. The van der Waals surface area contributed by atoms with Gasteiger partial charge in [0.25, 0.3) is 10.1 Å². The van der Waals surface area contributed by atoms with Gasteiger partial charge in [-0.2, -0.15) is 8.42 Å². The minimum absolute atomic E-state index is 0.149. The highest BCUT2D eigenvalue weighted by Gasteiger charge is 2.22. The lowest BCUT2D eigenvalue weighted by Gasteiger charge is -2.09. The number of aliphatic carboxylic acids is 2. The first-order chi connectivity index (χ1) is 8.21. The second kappa shape index (κ2) is 5.15. The van der Waals surface area contributed by atoms with E-state index < -0.39 is 39.8 Å². The molecule has 3 N–H and O–H groups in total. The molecule has 0 bridgehead atoms. The van der Waals surface area contributed by atoms with Gasteiger partial charge in [0.2, 0.25) is 0 Å². The molecule has 8 heteroatoms. The molecular formula is C10H10O7S. The average Bonchev–Trinajstić information content (AvgIpc) is 2.13. The van der Waals surface area contributed by atoms with Crippen LogP contribution in [0.2, 0.25) is 0 Å². The number of carbonyl (C=O) groups is 2. The van der Waals surface area contributed by atoms with Crippen molar-refractivity contribution < 1.29 is 32.8 Å². The fraction of sp³-hybridized carbons (Fsp3) is 0.200. The van der Waals surface area contributed by atoms with Gasteiger partial charge in [0.15, 0.2) is 0 Å². The first kappa shape index (κ1) is 14.1. The molecule has 0 atom stereocenters. The summed E-state index contributed by atoms with van der Waals surface area (Å²) in [5, 5.41) is 17.3. The standard InChI is InChI=1S/C10H10O7S/c11-8(12)4-6-2-1-3-7(5-9(13)14)10(6)18(15,16)17/h1-3H,4-5H2,(H,11,12)(H,13,14)(H,15,16,17). The highest BCUT2D eigenvalue weighted by Crippen LogP contribution is 2.22. The van der Waals surface area contributed by atoms with Crippen LogP contribution in [0.3, 0.4) is 0 Å². The third kappa shape index (κ3) is 3.54. The van der Waals surface area contributed by atoms with E-state index in [1.807, 2.05) is 0 Å². The highest BCUT2D eigenvalue weighted by atomic mass is 32.2. The summed E-state index contributed by atoms with van der Waals surface area (Å²) in [5.74, 6) is -2.57. The normalized spacial score (nSPS) is 11.2. The van der Waals surface area contributed by atoms with Crippen molar-refractivity contribution in [1.82, 2.24) is 0 Å². The van der Waals surface area contributed by atoms with Crippen LogP contribution in [0, 0.1) is 0 Å². The molecule has 7 nitrogen and oxygen atoms in total. The Balaban J connectivity index is 3.44. The van der Waals surface area contributed by atoms with E-state index in [-0.39, 0.29) is 11.1 Å². The summed E-state index contributed by atoms with van der Waals surface area (Å²) in [6.07, 6.45) is -1.24. The minimum Gasteiger partial charge on any atom is -0.481 e. The number of hydrogen-bond acceptors (Lipinski definition) is 4. The zero-order chi connectivity index (χ0) is 13.9. The van der Waals surface area contributed by atoms with Crippen LogP contribution in [-0.2, 0) is 32.5 Å². The average molecular weight is 274 g/mol. The van der Waals surface area contributed by atoms with Gasteiger partial charge in [-0.05, 0) is 11.1 Å². The predicted octanol–water partition coefficient (Wildman–Crippen LogP) is 0.188. The van der Waals surface area contributed by atoms with E-state index in [9.17, 15) is 18.0 Å². The molecular weight excluding hydrogens is 264 g/mol. The lowest BCUT2D eigenvalue weighted by atomic mass is 10.1. The molecule has 0 amide bonds. The summed E-state index contributed by atoms with van der Waals surface area (Å²) in [7, 11) is -4.68. The summed E-state index contributed by atoms with van der Waals surface area (Å²) >= 11 is 0. The first-order valence-corrected chi connectivity index (χ1v) is 6.17. The van der Waals surface area contributed by atoms with Crippen LogP contribution in [0.25, 0.3) is 0 Å². The van der Waals surface area contributed by atoms with E-state index in [1.54, 1.807) is 0 Å². The van der Waals surface area contributed by atoms with Crippen molar-refractivity contribution >= 4 is 22.1 Å². The van der Waals surface area contributed by atoms with Crippen molar-refractivity contribution in [3.8, 4) is 0 Å². The monoisotopic (exact) mass is 274 g/mol. The Morgan fingerprint density at radius 2 is 1.39 bits per heavy atom. The van der Waals surface area contributed by atoms with Gasteiger partial charge >= 0.3 is 11.9 Å². The Morgan fingerprint density at radius 3 is 1.67 bits per heavy atom. The maximum Gasteiger partial charge on any atom is 0.307 e. The molecule has 0 aliphatic heterocycles. The van der Waals surface area contributed by atoms with Gasteiger partial charge in [-0.25, -0.2) is 0 Å². The van der Waals surface area contributed by atoms with Crippen molar-refractivity contribution in [2.24, 2.45) is 0 Å². The molecule has 0 aliphatic carbocycles. The molecule has 98 valence electrons. The van der Waals surface area contributed by atoms with Crippen LogP contribution in [0.5, 0.6) is 0 Å². The predicted molar refractivity (Wildman–Crippen MR) is 58.9 cm³/mol.